The SMILES string of the molecule is Cc1ccsc1[C@@H]1CCN(C(=O)c2ccc(C#CC(C)(C)O)o2)C[C@H]1O. The summed E-state index contributed by atoms with van der Waals surface area (Å²) in [5, 5.41) is 22.2. The van der Waals surface area contributed by atoms with Gasteiger partial charge in [-0.2, -0.15) is 0 Å². The molecule has 2 N–H and O–H groups in total. The van der Waals surface area contributed by atoms with E-state index >= 15 is 0 Å². The molecule has 138 valence electrons. The van der Waals surface area contributed by atoms with Gasteiger partial charge in [-0.3, -0.25) is 4.79 Å². The molecule has 3 rings (SSSR count). The lowest BCUT2D eigenvalue weighted by Crippen LogP contribution is -2.45. The molecule has 2 atom stereocenters. The monoisotopic (exact) mass is 373 g/mol. The third-order valence-electron chi connectivity index (χ3n) is 4.42. The van der Waals surface area contributed by atoms with Crippen LogP contribution in [0.5, 0.6) is 0 Å². The maximum absolute atomic E-state index is 12.6. The maximum atomic E-state index is 12.6. The van der Waals surface area contributed by atoms with Gasteiger partial charge in [-0.25, -0.2) is 0 Å². The lowest BCUT2D eigenvalue weighted by Gasteiger charge is -2.35. The van der Waals surface area contributed by atoms with Crippen LogP contribution in [0.1, 0.15) is 52.9 Å². The molecule has 1 aliphatic heterocycles. The van der Waals surface area contributed by atoms with E-state index in [1.165, 1.54) is 10.4 Å². The number of carbonyl (C=O) groups is 1. The number of aryl methyl sites for hydroxylation is 1. The number of likely N-dealkylation sites (tertiary alicyclic amines) is 1. The molecule has 0 aromatic carbocycles. The Balaban J connectivity index is 1.67. The largest absolute Gasteiger partial charge is 0.443 e. The molecule has 6 heteroatoms. The number of furan rings is 1. The Kier molecular flexibility index (Phi) is 5.24. The van der Waals surface area contributed by atoms with Gasteiger partial charge >= 0.3 is 0 Å². The summed E-state index contributed by atoms with van der Waals surface area (Å²) in [5.41, 5.74) is 0.0722. The fourth-order valence-corrected chi connectivity index (χ4v) is 4.20. The van der Waals surface area contributed by atoms with Crippen LogP contribution in [0.15, 0.2) is 28.0 Å². The molecule has 1 amide bonds. The summed E-state index contributed by atoms with van der Waals surface area (Å²) in [5.74, 6) is 5.73. The van der Waals surface area contributed by atoms with Crippen LogP contribution in [0.4, 0.5) is 0 Å². The van der Waals surface area contributed by atoms with Gasteiger partial charge in [0.1, 0.15) is 5.60 Å². The molecule has 3 heterocycles. The van der Waals surface area contributed by atoms with E-state index in [9.17, 15) is 15.0 Å². The summed E-state index contributed by atoms with van der Waals surface area (Å²) in [4.78, 5) is 15.5. The topological polar surface area (TPSA) is 73.9 Å². The predicted molar refractivity (Wildman–Crippen MR) is 100 cm³/mol. The van der Waals surface area contributed by atoms with E-state index in [2.05, 4.69) is 24.8 Å². The minimum absolute atomic E-state index is 0.0730. The Morgan fingerprint density at radius 3 is 2.77 bits per heavy atom. The first-order valence-electron chi connectivity index (χ1n) is 8.61. The molecule has 2 aromatic heterocycles. The fourth-order valence-electron chi connectivity index (χ4n) is 3.08. The predicted octanol–water partition coefficient (Wildman–Crippen LogP) is 2.76. The van der Waals surface area contributed by atoms with Gasteiger partial charge in [-0.05, 0) is 62.3 Å². The molecular formula is C20H23NO4S. The summed E-state index contributed by atoms with van der Waals surface area (Å²) >= 11 is 1.66. The van der Waals surface area contributed by atoms with E-state index in [0.717, 1.165) is 6.42 Å². The van der Waals surface area contributed by atoms with Crippen LogP contribution >= 0.6 is 11.3 Å². The highest BCUT2D eigenvalue weighted by atomic mass is 32.1. The third-order valence-corrected chi connectivity index (χ3v) is 5.57. The molecule has 1 fully saturated rings. The van der Waals surface area contributed by atoms with Crippen LogP contribution in [0, 0.1) is 18.8 Å². The fraction of sp³-hybridized carbons (Fsp3) is 0.450. The second-order valence-corrected chi connectivity index (χ2v) is 8.10. The van der Waals surface area contributed by atoms with Crippen molar-refractivity contribution in [2.24, 2.45) is 0 Å². The summed E-state index contributed by atoms with van der Waals surface area (Å²) in [6.45, 7) is 6.07. The molecule has 0 unspecified atom stereocenters. The second kappa shape index (κ2) is 7.28. The van der Waals surface area contributed by atoms with E-state index in [4.69, 9.17) is 4.42 Å². The maximum Gasteiger partial charge on any atom is 0.289 e. The molecule has 0 spiro atoms. The number of β-amino-alcohol motifs (C(OH)–C–C–N with tert-alkyl or cyclic N) is 1. The van der Waals surface area contributed by atoms with Crippen LogP contribution in [-0.2, 0) is 0 Å². The number of hydrogen-bond donors (Lipinski definition) is 2. The number of rotatable bonds is 2. The number of aliphatic hydroxyl groups excluding tert-OH is 1. The van der Waals surface area contributed by atoms with Crippen molar-refractivity contribution < 1.29 is 19.4 Å². The summed E-state index contributed by atoms with van der Waals surface area (Å²) in [6.07, 6.45) is 0.134. The van der Waals surface area contributed by atoms with Crippen molar-refractivity contribution in [3.63, 3.8) is 0 Å². The lowest BCUT2D eigenvalue weighted by atomic mass is 9.90. The van der Waals surface area contributed by atoms with E-state index in [1.54, 1.807) is 42.2 Å². The zero-order chi connectivity index (χ0) is 18.9. The molecule has 0 saturated carbocycles. The van der Waals surface area contributed by atoms with Crippen molar-refractivity contribution in [2.75, 3.05) is 13.1 Å². The molecular weight excluding hydrogens is 350 g/mol. The number of aliphatic hydroxyl groups is 2. The summed E-state index contributed by atoms with van der Waals surface area (Å²) in [7, 11) is 0. The lowest BCUT2D eigenvalue weighted by molar-refractivity contribution is 0.0364. The number of hydrogen-bond acceptors (Lipinski definition) is 5. The Hall–Kier alpha value is -2.07. The molecule has 2 aromatic rings. The smallest absolute Gasteiger partial charge is 0.289 e. The van der Waals surface area contributed by atoms with Gasteiger partial charge in [0.25, 0.3) is 5.91 Å². The van der Waals surface area contributed by atoms with Gasteiger partial charge in [0.2, 0.25) is 0 Å². The van der Waals surface area contributed by atoms with Crippen LogP contribution in [-0.4, -0.2) is 45.8 Å². The van der Waals surface area contributed by atoms with Crippen molar-refractivity contribution in [3.05, 3.63) is 45.5 Å². The van der Waals surface area contributed by atoms with Gasteiger partial charge in [0.15, 0.2) is 11.5 Å². The van der Waals surface area contributed by atoms with Crippen molar-refractivity contribution in [1.82, 2.24) is 4.90 Å². The number of amides is 1. The van der Waals surface area contributed by atoms with Crippen molar-refractivity contribution in [1.29, 1.82) is 0 Å². The van der Waals surface area contributed by atoms with Crippen molar-refractivity contribution in [2.45, 2.75) is 44.8 Å². The van der Waals surface area contributed by atoms with Gasteiger partial charge in [-0.1, -0.05) is 5.92 Å². The minimum Gasteiger partial charge on any atom is -0.443 e. The van der Waals surface area contributed by atoms with E-state index in [1.807, 2.05) is 5.38 Å². The van der Waals surface area contributed by atoms with Gasteiger partial charge in [0, 0.05) is 23.9 Å². The zero-order valence-electron chi connectivity index (χ0n) is 15.2. The minimum atomic E-state index is -1.12. The number of thiophene rings is 1. The Morgan fingerprint density at radius 2 is 2.15 bits per heavy atom. The number of carbonyl (C=O) groups excluding carboxylic acids is 1. The average Bonchev–Trinajstić information content (AvgIpc) is 3.21. The van der Waals surface area contributed by atoms with Crippen molar-refractivity contribution in [3.8, 4) is 11.8 Å². The quantitative estimate of drug-likeness (QED) is 0.794. The van der Waals surface area contributed by atoms with E-state index < -0.39 is 11.7 Å². The first-order valence-corrected chi connectivity index (χ1v) is 9.49. The highest BCUT2D eigenvalue weighted by Crippen LogP contribution is 2.34. The molecule has 0 bridgehead atoms. The number of nitrogens with zero attached hydrogens (tertiary/aromatic N) is 1. The molecule has 5 nitrogen and oxygen atoms in total. The normalized spacial score (nSPS) is 20.6. The van der Waals surface area contributed by atoms with Gasteiger partial charge in [0.05, 0.1) is 6.10 Å². The summed E-state index contributed by atoms with van der Waals surface area (Å²) < 4.78 is 5.49. The van der Waals surface area contributed by atoms with Crippen LogP contribution < -0.4 is 0 Å². The molecule has 1 saturated heterocycles. The second-order valence-electron chi connectivity index (χ2n) is 7.15. The Bertz CT molecular complexity index is 849. The van der Waals surface area contributed by atoms with Gasteiger partial charge in [-0.15, -0.1) is 11.3 Å². The van der Waals surface area contributed by atoms with Gasteiger partial charge < -0.3 is 19.5 Å². The van der Waals surface area contributed by atoms with Crippen molar-refractivity contribution >= 4 is 17.2 Å². The molecule has 0 aliphatic carbocycles. The average molecular weight is 373 g/mol. The third kappa shape index (κ3) is 4.18. The van der Waals surface area contributed by atoms with Crippen LogP contribution in [0.2, 0.25) is 0 Å². The number of piperidine rings is 1. The first-order chi connectivity index (χ1) is 12.2. The van der Waals surface area contributed by atoms with E-state index in [-0.39, 0.29) is 24.1 Å². The van der Waals surface area contributed by atoms with Crippen LogP contribution in [0.3, 0.4) is 0 Å². The van der Waals surface area contributed by atoms with E-state index in [0.29, 0.717) is 12.3 Å². The van der Waals surface area contributed by atoms with Crippen LogP contribution in [0.25, 0.3) is 0 Å². The Morgan fingerprint density at radius 1 is 1.38 bits per heavy atom. The Labute approximate surface area is 157 Å². The zero-order valence-corrected chi connectivity index (χ0v) is 16.0. The molecule has 1 aliphatic rings. The first kappa shape index (κ1) is 18.7. The molecule has 26 heavy (non-hydrogen) atoms. The molecule has 0 radical (unpaired) electrons. The standard InChI is InChI=1S/C20H23NO4S/c1-13-8-11-26-18(13)15-7-10-21(12-16(15)22)19(23)17-5-4-14(25-17)6-9-20(2,3)24/h4-5,8,11,15-16,22,24H,7,10,12H2,1-3H3/t15-,16-/m1/s1. The highest BCUT2D eigenvalue weighted by molar-refractivity contribution is 7.10. The summed E-state index contributed by atoms with van der Waals surface area (Å²) in [6, 6.07) is 5.26. The highest BCUT2D eigenvalue weighted by Gasteiger charge is 2.33.